The van der Waals surface area contributed by atoms with Gasteiger partial charge in [0.15, 0.2) is 11.5 Å². The van der Waals surface area contributed by atoms with E-state index in [0.717, 1.165) is 6.07 Å². The number of aromatic nitrogens is 1. The summed E-state index contributed by atoms with van der Waals surface area (Å²) in [6, 6.07) is 2.69. The summed E-state index contributed by atoms with van der Waals surface area (Å²) in [4.78, 5) is 3.49. The van der Waals surface area contributed by atoms with Crippen LogP contribution in [0, 0.1) is 29.5 Å². The van der Waals surface area contributed by atoms with Gasteiger partial charge in [-0.1, -0.05) is 5.92 Å². The Kier molecular flexibility index (Phi) is 1.85. The monoisotopic (exact) mass is 146 g/mol. The Labute approximate surface area is 63.3 Å². The molecular weight excluding hydrogens is 143 g/mol. The van der Waals surface area contributed by atoms with Gasteiger partial charge in [0.2, 0.25) is 0 Å². The van der Waals surface area contributed by atoms with Gasteiger partial charge < -0.3 is 0 Å². The SMILES string of the molecule is C#Cc1cnc(C#N)c(F)c1. The lowest BCUT2D eigenvalue weighted by Gasteiger charge is -1.91. The summed E-state index contributed by atoms with van der Waals surface area (Å²) in [5.74, 6) is 1.53. The molecule has 0 aromatic carbocycles. The summed E-state index contributed by atoms with van der Waals surface area (Å²) in [6.07, 6.45) is 6.25. The molecule has 1 aromatic heterocycles. The maximum Gasteiger partial charge on any atom is 0.176 e. The highest BCUT2D eigenvalue weighted by atomic mass is 19.1. The number of pyridine rings is 1. The fourth-order valence-corrected chi connectivity index (χ4v) is 0.599. The van der Waals surface area contributed by atoms with Crippen LogP contribution < -0.4 is 0 Å². The van der Waals surface area contributed by atoms with Crippen LogP contribution in [0.15, 0.2) is 12.3 Å². The van der Waals surface area contributed by atoms with Crippen LogP contribution in [0.25, 0.3) is 0 Å². The second-order valence-corrected chi connectivity index (χ2v) is 1.81. The maximum atomic E-state index is 12.7. The minimum atomic E-state index is -0.678. The fourth-order valence-electron chi connectivity index (χ4n) is 0.599. The molecule has 0 aliphatic heterocycles. The lowest BCUT2D eigenvalue weighted by molar-refractivity contribution is 0.616. The number of rotatable bonds is 0. The van der Waals surface area contributed by atoms with E-state index >= 15 is 0 Å². The van der Waals surface area contributed by atoms with E-state index in [1.165, 1.54) is 6.20 Å². The summed E-state index contributed by atoms with van der Waals surface area (Å²) >= 11 is 0. The molecule has 0 radical (unpaired) electrons. The highest BCUT2D eigenvalue weighted by molar-refractivity contribution is 5.33. The molecule has 1 aromatic rings. The number of nitriles is 1. The highest BCUT2D eigenvalue weighted by Crippen LogP contribution is 2.04. The molecule has 0 saturated carbocycles. The van der Waals surface area contributed by atoms with Gasteiger partial charge in [-0.05, 0) is 6.07 Å². The Hall–Kier alpha value is -1.87. The van der Waals surface area contributed by atoms with Gasteiger partial charge in [0.05, 0.1) is 0 Å². The molecule has 0 saturated heterocycles. The van der Waals surface area contributed by atoms with Gasteiger partial charge in [0.1, 0.15) is 6.07 Å². The molecule has 1 rings (SSSR count). The number of terminal acetylenes is 1. The van der Waals surface area contributed by atoms with Crippen molar-refractivity contribution < 1.29 is 4.39 Å². The van der Waals surface area contributed by atoms with Crippen LogP contribution in [0.1, 0.15) is 11.3 Å². The highest BCUT2D eigenvalue weighted by Gasteiger charge is 2.01. The van der Waals surface area contributed by atoms with Gasteiger partial charge in [0, 0.05) is 11.8 Å². The van der Waals surface area contributed by atoms with Crippen molar-refractivity contribution >= 4 is 0 Å². The molecule has 0 N–H and O–H groups in total. The summed E-state index contributed by atoms with van der Waals surface area (Å²) < 4.78 is 12.7. The van der Waals surface area contributed by atoms with Crippen LogP contribution >= 0.6 is 0 Å². The van der Waals surface area contributed by atoms with Crippen LogP contribution in [0.3, 0.4) is 0 Å². The Bertz CT molecular complexity index is 357. The minimum absolute atomic E-state index is 0.232. The predicted molar refractivity (Wildman–Crippen MR) is 36.8 cm³/mol. The number of hydrogen-bond acceptors (Lipinski definition) is 2. The van der Waals surface area contributed by atoms with Gasteiger partial charge in [-0.2, -0.15) is 5.26 Å². The Morgan fingerprint density at radius 3 is 2.82 bits per heavy atom. The van der Waals surface area contributed by atoms with Crippen LogP contribution in [-0.2, 0) is 0 Å². The predicted octanol–water partition coefficient (Wildman–Crippen LogP) is 1.07. The van der Waals surface area contributed by atoms with Crippen molar-refractivity contribution in [1.82, 2.24) is 4.98 Å². The maximum absolute atomic E-state index is 12.7. The third-order valence-corrected chi connectivity index (χ3v) is 1.11. The van der Waals surface area contributed by atoms with Gasteiger partial charge in [0.25, 0.3) is 0 Å². The van der Waals surface area contributed by atoms with Gasteiger partial charge >= 0.3 is 0 Å². The van der Waals surface area contributed by atoms with Crippen molar-refractivity contribution in [3.8, 4) is 18.4 Å². The zero-order chi connectivity index (χ0) is 8.27. The molecule has 0 bridgehead atoms. The summed E-state index contributed by atoms with van der Waals surface area (Å²) in [6.45, 7) is 0. The number of hydrogen-bond donors (Lipinski definition) is 0. The number of nitrogens with zero attached hydrogens (tertiary/aromatic N) is 2. The molecule has 52 valence electrons. The van der Waals surface area contributed by atoms with E-state index in [1.54, 1.807) is 6.07 Å². The zero-order valence-electron chi connectivity index (χ0n) is 5.50. The first kappa shape index (κ1) is 7.24. The average molecular weight is 146 g/mol. The lowest BCUT2D eigenvalue weighted by Crippen LogP contribution is -1.89. The van der Waals surface area contributed by atoms with E-state index in [2.05, 4.69) is 10.9 Å². The Morgan fingerprint density at radius 2 is 2.36 bits per heavy atom. The van der Waals surface area contributed by atoms with Crippen molar-refractivity contribution in [3.05, 3.63) is 29.3 Å². The Morgan fingerprint density at radius 1 is 1.64 bits per heavy atom. The van der Waals surface area contributed by atoms with Crippen LogP contribution in [0.4, 0.5) is 4.39 Å². The summed E-state index contributed by atoms with van der Waals surface area (Å²) in [5, 5.41) is 8.28. The normalized spacial score (nSPS) is 8.27. The third kappa shape index (κ3) is 1.33. The quantitative estimate of drug-likeness (QED) is 0.513. The van der Waals surface area contributed by atoms with Crippen molar-refractivity contribution in [1.29, 1.82) is 5.26 Å². The van der Waals surface area contributed by atoms with Crippen molar-refractivity contribution in [2.24, 2.45) is 0 Å². The molecule has 0 spiro atoms. The van der Waals surface area contributed by atoms with Gasteiger partial charge in [-0.25, -0.2) is 9.37 Å². The molecule has 11 heavy (non-hydrogen) atoms. The third-order valence-electron chi connectivity index (χ3n) is 1.11. The van der Waals surface area contributed by atoms with Crippen LogP contribution in [0.5, 0.6) is 0 Å². The fraction of sp³-hybridized carbons (Fsp3) is 0. The first-order valence-electron chi connectivity index (χ1n) is 2.80. The minimum Gasteiger partial charge on any atom is -0.241 e. The number of halogens is 1. The molecule has 2 nitrogen and oxygen atoms in total. The second-order valence-electron chi connectivity index (χ2n) is 1.81. The lowest BCUT2D eigenvalue weighted by atomic mass is 10.2. The van der Waals surface area contributed by atoms with Crippen molar-refractivity contribution in [3.63, 3.8) is 0 Å². The molecular formula is C8H3FN2. The average Bonchev–Trinajstić information content (AvgIpc) is 2.04. The summed E-state index contributed by atoms with van der Waals surface area (Å²) in [5.41, 5.74) is 0.102. The van der Waals surface area contributed by atoms with E-state index in [9.17, 15) is 4.39 Å². The van der Waals surface area contributed by atoms with E-state index in [4.69, 9.17) is 11.7 Å². The van der Waals surface area contributed by atoms with Gasteiger partial charge in [-0.15, -0.1) is 6.42 Å². The zero-order valence-corrected chi connectivity index (χ0v) is 5.50. The summed E-state index contributed by atoms with van der Waals surface area (Å²) in [7, 11) is 0. The largest absolute Gasteiger partial charge is 0.241 e. The molecule has 0 unspecified atom stereocenters. The van der Waals surface area contributed by atoms with Crippen molar-refractivity contribution in [2.75, 3.05) is 0 Å². The molecule has 0 amide bonds. The van der Waals surface area contributed by atoms with E-state index < -0.39 is 5.82 Å². The van der Waals surface area contributed by atoms with Gasteiger partial charge in [-0.3, -0.25) is 0 Å². The van der Waals surface area contributed by atoms with Crippen molar-refractivity contribution in [2.45, 2.75) is 0 Å². The smallest absolute Gasteiger partial charge is 0.176 e. The van der Waals surface area contributed by atoms with E-state index in [1.807, 2.05) is 0 Å². The molecule has 0 aliphatic rings. The van der Waals surface area contributed by atoms with Crippen LogP contribution in [0.2, 0.25) is 0 Å². The first-order valence-corrected chi connectivity index (χ1v) is 2.80. The topological polar surface area (TPSA) is 36.7 Å². The second kappa shape index (κ2) is 2.81. The van der Waals surface area contributed by atoms with E-state index in [0.29, 0.717) is 5.56 Å². The Balaban J connectivity index is 3.25. The molecule has 0 fully saturated rings. The molecule has 0 aliphatic carbocycles. The van der Waals surface area contributed by atoms with Crippen LogP contribution in [-0.4, -0.2) is 4.98 Å². The standard InChI is InChI=1S/C8H3FN2/c1-2-6-3-7(9)8(4-10)11-5-6/h1,3,5H. The molecule has 1 heterocycles. The van der Waals surface area contributed by atoms with E-state index in [-0.39, 0.29) is 5.69 Å². The molecule has 3 heteroatoms. The molecule has 0 atom stereocenters. The first-order chi connectivity index (χ1) is 5.27.